The molecule has 0 bridgehead atoms. The van der Waals surface area contributed by atoms with Gasteiger partial charge in [-0.05, 0) is 63.8 Å². The fourth-order valence-electron chi connectivity index (χ4n) is 3.26. The van der Waals surface area contributed by atoms with E-state index < -0.39 is 6.04 Å². The van der Waals surface area contributed by atoms with Crippen molar-refractivity contribution in [3.05, 3.63) is 65.2 Å². The molecule has 0 saturated carbocycles. The minimum atomic E-state index is -0.570. The van der Waals surface area contributed by atoms with Crippen molar-refractivity contribution in [1.29, 1.82) is 0 Å². The zero-order valence-electron chi connectivity index (χ0n) is 19.0. The number of amides is 2. The quantitative estimate of drug-likeness (QED) is 0.701. The largest absolute Gasteiger partial charge is 0.483 e. The number of nitrogens with one attached hydrogen (secondary N) is 1. The second-order valence-corrected chi connectivity index (χ2v) is 8.66. The van der Waals surface area contributed by atoms with Gasteiger partial charge < -0.3 is 15.0 Å². The number of carbonyl (C=O) groups excluding carboxylic acids is 2. The summed E-state index contributed by atoms with van der Waals surface area (Å²) < 4.78 is 5.85. The molecule has 0 fully saturated rings. The summed E-state index contributed by atoms with van der Waals surface area (Å²) in [7, 11) is 0. The Morgan fingerprint density at radius 1 is 1.03 bits per heavy atom. The summed E-state index contributed by atoms with van der Waals surface area (Å²) >= 11 is 0. The lowest BCUT2D eigenvalue weighted by atomic mass is 10.1. The van der Waals surface area contributed by atoms with E-state index in [1.165, 1.54) is 0 Å². The van der Waals surface area contributed by atoms with Crippen LogP contribution in [0.2, 0.25) is 0 Å². The Hall–Kier alpha value is -2.82. The van der Waals surface area contributed by atoms with E-state index in [9.17, 15) is 9.59 Å². The van der Waals surface area contributed by atoms with Crippen LogP contribution in [0.15, 0.2) is 48.5 Å². The van der Waals surface area contributed by atoms with E-state index in [2.05, 4.69) is 5.32 Å². The van der Waals surface area contributed by atoms with Gasteiger partial charge in [-0.15, -0.1) is 0 Å². The van der Waals surface area contributed by atoms with Gasteiger partial charge >= 0.3 is 0 Å². The fraction of sp³-hybridized carbons (Fsp3) is 0.440. The summed E-state index contributed by atoms with van der Waals surface area (Å²) in [5.74, 6) is 0.326. The van der Waals surface area contributed by atoms with Crippen molar-refractivity contribution in [1.82, 2.24) is 10.2 Å². The van der Waals surface area contributed by atoms with Crippen molar-refractivity contribution in [3.63, 3.8) is 0 Å². The van der Waals surface area contributed by atoms with Gasteiger partial charge in [0.1, 0.15) is 11.8 Å². The highest BCUT2D eigenvalue weighted by Gasteiger charge is 2.30. The van der Waals surface area contributed by atoms with Crippen LogP contribution in [0.5, 0.6) is 5.75 Å². The fourth-order valence-corrected chi connectivity index (χ4v) is 3.26. The lowest BCUT2D eigenvalue weighted by Gasteiger charge is -2.33. The first-order chi connectivity index (χ1) is 14.1. The van der Waals surface area contributed by atoms with Gasteiger partial charge in [-0.25, -0.2) is 0 Å². The topological polar surface area (TPSA) is 58.6 Å². The van der Waals surface area contributed by atoms with Gasteiger partial charge in [0.15, 0.2) is 6.61 Å². The van der Waals surface area contributed by atoms with E-state index in [1.54, 1.807) is 4.90 Å². The molecule has 0 aliphatic carbocycles. The highest BCUT2D eigenvalue weighted by molar-refractivity contribution is 5.88. The third kappa shape index (κ3) is 6.61. The van der Waals surface area contributed by atoms with Crippen LogP contribution in [-0.2, 0) is 16.1 Å². The zero-order valence-corrected chi connectivity index (χ0v) is 19.0. The lowest BCUT2D eigenvalue weighted by molar-refractivity contribution is -0.143. The Morgan fingerprint density at radius 2 is 1.70 bits per heavy atom. The predicted molar refractivity (Wildman–Crippen MR) is 120 cm³/mol. The molecule has 2 aromatic rings. The van der Waals surface area contributed by atoms with Crippen molar-refractivity contribution in [3.8, 4) is 5.75 Å². The van der Waals surface area contributed by atoms with Gasteiger partial charge in [-0.1, -0.05) is 49.4 Å². The van der Waals surface area contributed by atoms with E-state index in [4.69, 9.17) is 4.74 Å². The Morgan fingerprint density at radius 3 is 2.30 bits per heavy atom. The number of carbonyl (C=O) groups is 2. The van der Waals surface area contributed by atoms with Gasteiger partial charge in [0.25, 0.3) is 5.91 Å². The second kappa shape index (κ2) is 10.3. The molecule has 162 valence electrons. The molecule has 30 heavy (non-hydrogen) atoms. The van der Waals surface area contributed by atoms with Crippen LogP contribution in [0.25, 0.3) is 0 Å². The maximum atomic E-state index is 13.2. The first-order valence-electron chi connectivity index (χ1n) is 10.5. The van der Waals surface area contributed by atoms with Crippen LogP contribution in [0.3, 0.4) is 0 Å². The number of rotatable bonds is 8. The molecule has 5 nitrogen and oxygen atoms in total. The van der Waals surface area contributed by atoms with E-state index in [1.807, 2.05) is 90.1 Å². The normalized spacial score (nSPS) is 12.2. The van der Waals surface area contributed by atoms with Gasteiger partial charge in [0.2, 0.25) is 5.91 Å². The molecule has 0 aliphatic rings. The number of nitrogens with zero attached hydrogens (tertiary/aromatic N) is 1. The number of ether oxygens (including phenoxy) is 1. The highest BCUT2D eigenvalue weighted by Crippen LogP contribution is 2.21. The van der Waals surface area contributed by atoms with Gasteiger partial charge in [0, 0.05) is 12.1 Å². The van der Waals surface area contributed by atoms with Crippen molar-refractivity contribution < 1.29 is 14.3 Å². The van der Waals surface area contributed by atoms with E-state index >= 15 is 0 Å². The van der Waals surface area contributed by atoms with E-state index in [0.29, 0.717) is 18.7 Å². The summed E-state index contributed by atoms with van der Waals surface area (Å²) in [6.07, 6.45) is 0.518. The van der Waals surface area contributed by atoms with Crippen LogP contribution in [0.1, 0.15) is 50.8 Å². The molecule has 2 amide bonds. The SMILES string of the molecule is CC[C@@H](C(=O)NC(C)(C)C)N(Cc1ccccc1)C(=O)COc1cccc(C)c1C. The van der Waals surface area contributed by atoms with E-state index in [-0.39, 0.29) is 24.0 Å². The smallest absolute Gasteiger partial charge is 0.261 e. The maximum absolute atomic E-state index is 13.2. The maximum Gasteiger partial charge on any atom is 0.261 e. The lowest BCUT2D eigenvalue weighted by Crippen LogP contribution is -2.54. The van der Waals surface area contributed by atoms with Crippen LogP contribution < -0.4 is 10.1 Å². The molecule has 5 heteroatoms. The number of hydrogen-bond acceptors (Lipinski definition) is 3. The first kappa shape index (κ1) is 23.5. The van der Waals surface area contributed by atoms with Crippen molar-refractivity contribution in [2.45, 2.75) is 66.1 Å². The Kier molecular flexibility index (Phi) is 8.04. The molecule has 2 aromatic carbocycles. The second-order valence-electron chi connectivity index (χ2n) is 8.66. The Balaban J connectivity index is 2.23. The minimum Gasteiger partial charge on any atom is -0.483 e. The summed E-state index contributed by atoms with van der Waals surface area (Å²) in [5, 5.41) is 3.01. The molecule has 0 spiro atoms. The number of hydrogen-bond donors (Lipinski definition) is 1. The summed E-state index contributed by atoms with van der Waals surface area (Å²) in [5.41, 5.74) is 2.72. The molecule has 0 radical (unpaired) electrons. The number of benzene rings is 2. The molecule has 0 heterocycles. The van der Waals surface area contributed by atoms with Crippen molar-refractivity contribution >= 4 is 11.8 Å². The molecular weight excluding hydrogens is 376 g/mol. The Bertz CT molecular complexity index is 856. The first-order valence-corrected chi connectivity index (χ1v) is 10.5. The summed E-state index contributed by atoms with van der Waals surface area (Å²) in [6.45, 7) is 11.9. The standard InChI is InChI=1S/C25H34N2O3/c1-7-21(24(29)26-25(4,5)6)27(16-20-13-9-8-10-14-20)23(28)17-30-22-15-11-12-18(2)19(22)3/h8-15,21H,7,16-17H2,1-6H3,(H,26,29)/t21-/m0/s1. The molecule has 2 rings (SSSR count). The molecule has 0 aliphatic heterocycles. The average molecular weight is 411 g/mol. The monoisotopic (exact) mass is 410 g/mol. The van der Waals surface area contributed by atoms with Gasteiger partial charge in [0.05, 0.1) is 0 Å². The Labute approximate surface area is 180 Å². The summed E-state index contributed by atoms with van der Waals surface area (Å²) in [6, 6.07) is 14.9. The van der Waals surface area contributed by atoms with Crippen LogP contribution >= 0.6 is 0 Å². The molecule has 0 saturated heterocycles. The molecule has 0 unspecified atom stereocenters. The highest BCUT2D eigenvalue weighted by atomic mass is 16.5. The molecular formula is C25H34N2O3. The van der Waals surface area contributed by atoms with Crippen LogP contribution in [0.4, 0.5) is 0 Å². The van der Waals surface area contributed by atoms with Gasteiger partial charge in [-0.2, -0.15) is 0 Å². The number of aryl methyl sites for hydroxylation is 1. The zero-order chi connectivity index (χ0) is 22.3. The molecule has 1 N–H and O–H groups in total. The molecule has 1 atom stereocenters. The van der Waals surface area contributed by atoms with Gasteiger partial charge in [-0.3, -0.25) is 9.59 Å². The third-order valence-electron chi connectivity index (χ3n) is 4.99. The third-order valence-corrected chi connectivity index (χ3v) is 4.99. The van der Waals surface area contributed by atoms with Crippen molar-refractivity contribution in [2.24, 2.45) is 0 Å². The minimum absolute atomic E-state index is 0.115. The average Bonchev–Trinajstić information content (AvgIpc) is 2.68. The summed E-state index contributed by atoms with van der Waals surface area (Å²) in [4.78, 5) is 27.8. The van der Waals surface area contributed by atoms with Crippen molar-refractivity contribution in [2.75, 3.05) is 6.61 Å². The van der Waals surface area contributed by atoms with Crippen LogP contribution in [-0.4, -0.2) is 34.9 Å². The predicted octanol–water partition coefficient (Wildman–Crippen LogP) is 4.40. The molecule has 0 aromatic heterocycles. The van der Waals surface area contributed by atoms with Crippen LogP contribution in [0, 0.1) is 13.8 Å². The van der Waals surface area contributed by atoms with E-state index in [0.717, 1.165) is 16.7 Å².